The third-order valence-corrected chi connectivity index (χ3v) is 5.35. The summed E-state index contributed by atoms with van der Waals surface area (Å²) in [4.78, 5) is 17.6. The molecule has 0 bridgehead atoms. The highest BCUT2D eigenvalue weighted by Crippen LogP contribution is 2.30. The summed E-state index contributed by atoms with van der Waals surface area (Å²) in [5.41, 5.74) is 5.15. The lowest BCUT2D eigenvalue weighted by molar-refractivity contribution is -0.115. The second kappa shape index (κ2) is 7.86. The molecule has 140 valence electrons. The van der Waals surface area contributed by atoms with Crippen LogP contribution in [0.1, 0.15) is 22.3 Å². The maximum absolute atomic E-state index is 12.3. The SMILES string of the molecule is Cc1cccc(C)c1N=C1NC(=O)/C(=C\c2cnn(Cc3ccccc3)c2)S1. The van der Waals surface area contributed by atoms with Crippen LogP contribution in [0.15, 0.2) is 70.8 Å². The number of aromatic nitrogens is 2. The molecule has 28 heavy (non-hydrogen) atoms. The van der Waals surface area contributed by atoms with E-state index in [1.54, 1.807) is 6.20 Å². The Balaban J connectivity index is 1.52. The lowest BCUT2D eigenvalue weighted by atomic mass is 10.1. The molecule has 0 unspecified atom stereocenters. The minimum absolute atomic E-state index is 0.134. The van der Waals surface area contributed by atoms with E-state index in [0.29, 0.717) is 16.6 Å². The van der Waals surface area contributed by atoms with Crippen LogP contribution in [0.4, 0.5) is 5.69 Å². The van der Waals surface area contributed by atoms with Gasteiger partial charge in [0.2, 0.25) is 0 Å². The van der Waals surface area contributed by atoms with Gasteiger partial charge in [0.05, 0.1) is 23.3 Å². The standard InChI is InChI=1S/C22H20N4OS/c1-15-7-6-8-16(2)20(15)24-22-25-21(27)19(28-22)11-18-12-23-26(14-18)13-17-9-4-3-5-10-17/h3-12,14H,13H2,1-2H3,(H,24,25,27)/b19-11+. The van der Waals surface area contributed by atoms with E-state index in [1.807, 2.05) is 67.2 Å². The van der Waals surface area contributed by atoms with Gasteiger partial charge in [-0.25, -0.2) is 4.99 Å². The van der Waals surface area contributed by atoms with E-state index in [1.165, 1.54) is 17.3 Å². The Morgan fingerprint density at radius 2 is 1.86 bits per heavy atom. The lowest BCUT2D eigenvalue weighted by Gasteiger charge is -2.04. The van der Waals surface area contributed by atoms with E-state index >= 15 is 0 Å². The van der Waals surface area contributed by atoms with Gasteiger partial charge in [-0.15, -0.1) is 0 Å². The molecule has 0 aliphatic carbocycles. The highest BCUT2D eigenvalue weighted by atomic mass is 32.2. The first kappa shape index (κ1) is 18.3. The van der Waals surface area contributed by atoms with Crippen molar-refractivity contribution in [2.75, 3.05) is 0 Å². The van der Waals surface area contributed by atoms with E-state index < -0.39 is 0 Å². The highest BCUT2D eigenvalue weighted by molar-refractivity contribution is 8.18. The van der Waals surface area contributed by atoms with E-state index in [-0.39, 0.29) is 5.91 Å². The third-order valence-electron chi connectivity index (χ3n) is 4.44. The largest absolute Gasteiger partial charge is 0.300 e. The Kier molecular flexibility index (Phi) is 5.12. The average Bonchev–Trinajstić information content (AvgIpc) is 3.26. The van der Waals surface area contributed by atoms with Gasteiger partial charge in [-0.1, -0.05) is 48.5 Å². The van der Waals surface area contributed by atoms with Gasteiger partial charge in [0.25, 0.3) is 5.91 Å². The van der Waals surface area contributed by atoms with Crippen LogP contribution in [0.2, 0.25) is 0 Å². The molecule has 1 fully saturated rings. The van der Waals surface area contributed by atoms with E-state index in [4.69, 9.17) is 0 Å². The number of nitrogens with one attached hydrogen (secondary N) is 1. The number of para-hydroxylation sites is 1. The van der Waals surface area contributed by atoms with Crippen LogP contribution in [-0.2, 0) is 11.3 Å². The summed E-state index contributed by atoms with van der Waals surface area (Å²) in [5, 5.41) is 7.84. The quantitative estimate of drug-likeness (QED) is 0.672. The number of nitrogens with zero attached hydrogens (tertiary/aromatic N) is 3. The molecule has 2 heterocycles. The fraction of sp³-hybridized carbons (Fsp3) is 0.136. The van der Waals surface area contributed by atoms with Crippen LogP contribution in [-0.4, -0.2) is 20.9 Å². The summed E-state index contributed by atoms with van der Waals surface area (Å²) in [7, 11) is 0. The number of thioether (sulfide) groups is 1. The van der Waals surface area contributed by atoms with Gasteiger partial charge in [0.15, 0.2) is 5.17 Å². The van der Waals surface area contributed by atoms with Crippen molar-refractivity contribution in [3.63, 3.8) is 0 Å². The molecule has 1 saturated heterocycles. The molecule has 0 radical (unpaired) electrons. The number of hydrogen-bond donors (Lipinski definition) is 1. The smallest absolute Gasteiger partial charge is 0.264 e. The van der Waals surface area contributed by atoms with E-state index in [9.17, 15) is 4.79 Å². The van der Waals surface area contributed by atoms with Crippen molar-refractivity contribution >= 4 is 34.6 Å². The number of amidine groups is 1. The van der Waals surface area contributed by atoms with Crippen LogP contribution < -0.4 is 5.32 Å². The number of amides is 1. The first-order chi connectivity index (χ1) is 13.6. The Bertz CT molecular complexity index is 1060. The van der Waals surface area contributed by atoms with Crippen molar-refractivity contribution in [1.29, 1.82) is 0 Å². The monoisotopic (exact) mass is 388 g/mol. The molecule has 1 aliphatic heterocycles. The summed E-state index contributed by atoms with van der Waals surface area (Å²) in [6, 6.07) is 16.2. The Morgan fingerprint density at radius 3 is 2.61 bits per heavy atom. The molecule has 5 nitrogen and oxygen atoms in total. The number of benzene rings is 2. The van der Waals surface area contributed by atoms with Crippen molar-refractivity contribution < 1.29 is 4.79 Å². The first-order valence-corrected chi connectivity index (χ1v) is 9.82. The molecule has 0 saturated carbocycles. The maximum atomic E-state index is 12.3. The third kappa shape index (κ3) is 4.07. The van der Waals surface area contributed by atoms with Crippen LogP contribution in [0.5, 0.6) is 0 Å². The molecular formula is C22H20N4OS. The van der Waals surface area contributed by atoms with E-state index in [0.717, 1.165) is 22.4 Å². The van der Waals surface area contributed by atoms with Crippen molar-refractivity contribution in [3.05, 3.63) is 88.1 Å². The molecule has 3 aromatic rings. The Labute approximate surface area is 168 Å². The first-order valence-electron chi connectivity index (χ1n) is 9.01. The Hall–Kier alpha value is -3.12. The van der Waals surface area contributed by atoms with Gasteiger partial charge in [0, 0.05) is 11.8 Å². The summed E-state index contributed by atoms with van der Waals surface area (Å²) in [5.74, 6) is -0.134. The fourth-order valence-corrected chi connectivity index (χ4v) is 3.85. The molecule has 1 amide bonds. The maximum Gasteiger partial charge on any atom is 0.264 e. The van der Waals surface area contributed by atoms with Crippen LogP contribution in [0, 0.1) is 13.8 Å². The molecule has 4 rings (SSSR count). The normalized spacial score (nSPS) is 16.7. The summed E-state index contributed by atoms with van der Waals surface area (Å²) >= 11 is 1.35. The minimum atomic E-state index is -0.134. The molecule has 1 aliphatic rings. The summed E-state index contributed by atoms with van der Waals surface area (Å²) < 4.78 is 1.87. The van der Waals surface area contributed by atoms with Crippen molar-refractivity contribution in [2.45, 2.75) is 20.4 Å². The predicted octanol–water partition coefficient (Wildman–Crippen LogP) is 4.44. The Morgan fingerprint density at radius 1 is 1.11 bits per heavy atom. The van der Waals surface area contributed by atoms with Crippen molar-refractivity contribution in [3.8, 4) is 0 Å². The van der Waals surface area contributed by atoms with Gasteiger partial charge in [-0.2, -0.15) is 5.10 Å². The summed E-state index contributed by atoms with van der Waals surface area (Å²) in [6.07, 6.45) is 5.56. The molecule has 1 aromatic heterocycles. The highest BCUT2D eigenvalue weighted by Gasteiger charge is 2.24. The number of aliphatic imine (C=N–C) groups is 1. The van der Waals surface area contributed by atoms with Crippen molar-refractivity contribution in [1.82, 2.24) is 15.1 Å². The molecule has 1 N–H and O–H groups in total. The van der Waals surface area contributed by atoms with Gasteiger partial charge < -0.3 is 5.32 Å². The zero-order valence-corrected chi connectivity index (χ0v) is 16.5. The number of carbonyl (C=O) groups excluding carboxylic acids is 1. The number of hydrogen-bond acceptors (Lipinski definition) is 4. The van der Waals surface area contributed by atoms with Gasteiger partial charge in [0.1, 0.15) is 0 Å². The van der Waals surface area contributed by atoms with Crippen LogP contribution in [0.25, 0.3) is 6.08 Å². The molecule has 0 spiro atoms. The van der Waals surface area contributed by atoms with Gasteiger partial charge >= 0.3 is 0 Å². The average molecular weight is 388 g/mol. The van der Waals surface area contributed by atoms with E-state index in [2.05, 4.69) is 27.5 Å². The van der Waals surface area contributed by atoms with Crippen LogP contribution in [0.3, 0.4) is 0 Å². The zero-order chi connectivity index (χ0) is 19.5. The number of carbonyl (C=O) groups is 1. The lowest BCUT2D eigenvalue weighted by Crippen LogP contribution is -2.19. The number of aryl methyl sites for hydroxylation is 2. The van der Waals surface area contributed by atoms with Gasteiger partial charge in [-0.05, 0) is 48.4 Å². The second-order valence-corrected chi connectivity index (χ2v) is 7.71. The fourth-order valence-electron chi connectivity index (χ4n) is 3.03. The predicted molar refractivity (Wildman–Crippen MR) is 114 cm³/mol. The number of rotatable bonds is 4. The molecule has 0 atom stereocenters. The molecular weight excluding hydrogens is 368 g/mol. The van der Waals surface area contributed by atoms with Crippen LogP contribution >= 0.6 is 11.8 Å². The second-order valence-electron chi connectivity index (χ2n) is 6.68. The zero-order valence-electron chi connectivity index (χ0n) is 15.7. The molecule has 6 heteroatoms. The van der Waals surface area contributed by atoms with Gasteiger partial charge in [-0.3, -0.25) is 9.48 Å². The topological polar surface area (TPSA) is 59.3 Å². The molecule has 2 aromatic carbocycles. The van der Waals surface area contributed by atoms with Crippen molar-refractivity contribution in [2.24, 2.45) is 4.99 Å². The summed E-state index contributed by atoms with van der Waals surface area (Å²) in [6.45, 7) is 4.74. The minimum Gasteiger partial charge on any atom is -0.300 e.